The minimum atomic E-state index is -0.303. The Labute approximate surface area is 93.8 Å². The van der Waals surface area contributed by atoms with Crippen LogP contribution in [0.25, 0.3) is 0 Å². The lowest BCUT2D eigenvalue weighted by molar-refractivity contribution is -0.0672. The first-order valence-electron chi connectivity index (χ1n) is 5.65. The number of hydrogen-bond donors (Lipinski definition) is 1. The summed E-state index contributed by atoms with van der Waals surface area (Å²) in [5, 5.41) is 9.21. The van der Waals surface area contributed by atoms with Gasteiger partial charge in [-0.3, -0.25) is 0 Å². The number of aliphatic hydroxyl groups excluding tert-OH is 1. The molecule has 0 aliphatic carbocycles. The van der Waals surface area contributed by atoms with Crippen LogP contribution in [0.1, 0.15) is 47.5 Å². The molecule has 0 aliphatic heterocycles. The molecule has 0 aromatic rings. The Morgan fingerprint density at radius 3 is 2.07 bits per heavy atom. The molecule has 0 bridgehead atoms. The second-order valence-corrected chi connectivity index (χ2v) is 5.01. The smallest absolute Gasteiger partial charge is 0.0647 e. The monoisotopic (exact) mass is 218 g/mol. The molecule has 3 nitrogen and oxygen atoms in total. The Morgan fingerprint density at radius 1 is 1.13 bits per heavy atom. The van der Waals surface area contributed by atoms with Crippen LogP contribution in [-0.2, 0) is 9.47 Å². The lowest BCUT2D eigenvalue weighted by Crippen LogP contribution is -2.31. The van der Waals surface area contributed by atoms with Crippen LogP contribution in [0.3, 0.4) is 0 Å². The van der Waals surface area contributed by atoms with Crippen LogP contribution in [0.2, 0.25) is 0 Å². The van der Waals surface area contributed by atoms with Gasteiger partial charge in [0.25, 0.3) is 0 Å². The van der Waals surface area contributed by atoms with Crippen molar-refractivity contribution in [3.05, 3.63) is 0 Å². The number of hydrogen-bond acceptors (Lipinski definition) is 3. The second kappa shape index (κ2) is 6.46. The molecular formula is C12H26O3. The van der Waals surface area contributed by atoms with Crippen molar-refractivity contribution in [2.75, 3.05) is 7.11 Å². The molecule has 0 saturated carbocycles. The van der Waals surface area contributed by atoms with Gasteiger partial charge in [-0.05, 0) is 41.0 Å². The SMILES string of the molecule is COC(C)(C)CC(C)OC(C)CC(C)O. The Hall–Kier alpha value is -0.120. The first-order valence-corrected chi connectivity index (χ1v) is 5.65. The van der Waals surface area contributed by atoms with E-state index in [4.69, 9.17) is 9.47 Å². The summed E-state index contributed by atoms with van der Waals surface area (Å²) in [7, 11) is 1.71. The van der Waals surface area contributed by atoms with Crippen molar-refractivity contribution in [1.29, 1.82) is 0 Å². The van der Waals surface area contributed by atoms with Crippen LogP contribution in [0.15, 0.2) is 0 Å². The molecule has 0 saturated heterocycles. The summed E-state index contributed by atoms with van der Waals surface area (Å²) in [5.74, 6) is 0. The summed E-state index contributed by atoms with van der Waals surface area (Å²) in [6.07, 6.45) is 1.47. The summed E-state index contributed by atoms with van der Waals surface area (Å²) in [4.78, 5) is 0. The van der Waals surface area contributed by atoms with E-state index in [1.807, 2.05) is 27.7 Å². The highest BCUT2D eigenvalue weighted by Gasteiger charge is 2.22. The Morgan fingerprint density at radius 2 is 1.67 bits per heavy atom. The Balaban J connectivity index is 3.87. The standard InChI is InChI=1S/C12H26O3/c1-9(13)7-10(2)15-11(3)8-12(4,5)14-6/h9-11,13H,7-8H2,1-6H3. The zero-order valence-corrected chi connectivity index (χ0v) is 10.9. The molecule has 3 atom stereocenters. The molecule has 0 radical (unpaired) electrons. The van der Waals surface area contributed by atoms with Gasteiger partial charge in [-0.2, -0.15) is 0 Å². The maximum Gasteiger partial charge on any atom is 0.0647 e. The van der Waals surface area contributed by atoms with Gasteiger partial charge in [-0.25, -0.2) is 0 Å². The third-order valence-electron chi connectivity index (χ3n) is 2.47. The van der Waals surface area contributed by atoms with Gasteiger partial charge in [0, 0.05) is 13.5 Å². The van der Waals surface area contributed by atoms with Crippen molar-refractivity contribution in [2.24, 2.45) is 0 Å². The third kappa shape index (κ3) is 7.77. The molecule has 0 amide bonds. The number of ether oxygens (including phenoxy) is 2. The maximum atomic E-state index is 9.21. The first-order chi connectivity index (χ1) is 6.76. The van der Waals surface area contributed by atoms with Crippen LogP contribution in [-0.4, -0.2) is 36.1 Å². The largest absolute Gasteiger partial charge is 0.393 e. The van der Waals surface area contributed by atoms with Gasteiger partial charge in [-0.1, -0.05) is 0 Å². The fraction of sp³-hybridized carbons (Fsp3) is 1.00. The molecule has 0 spiro atoms. The van der Waals surface area contributed by atoms with E-state index in [9.17, 15) is 5.11 Å². The topological polar surface area (TPSA) is 38.7 Å². The molecule has 1 N–H and O–H groups in total. The van der Waals surface area contributed by atoms with Gasteiger partial charge in [-0.15, -0.1) is 0 Å². The molecule has 0 aliphatic rings. The van der Waals surface area contributed by atoms with Gasteiger partial charge in [0.2, 0.25) is 0 Å². The van der Waals surface area contributed by atoms with Crippen molar-refractivity contribution in [3.8, 4) is 0 Å². The predicted molar refractivity (Wildman–Crippen MR) is 62.0 cm³/mol. The van der Waals surface area contributed by atoms with Gasteiger partial charge in [0.1, 0.15) is 0 Å². The van der Waals surface area contributed by atoms with Gasteiger partial charge in [0.15, 0.2) is 0 Å². The molecule has 0 fully saturated rings. The van der Waals surface area contributed by atoms with Gasteiger partial charge in [0.05, 0.1) is 23.9 Å². The lowest BCUT2D eigenvalue weighted by Gasteiger charge is -2.28. The lowest BCUT2D eigenvalue weighted by atomic mass is 10.0. The van der Waals surface area contributed by atoms with E-state index in [0.29, 0.717) is 6.42 Å². The normalized spacial score (nSPS) is 18.6. The minimum Gasteiger partial charge on any atom is -0.393 e. The Bertz CT molecular complexity index is 166. The summed E-state index contributed by atoms with van der Waals surface area (Å²) < 4.78 is 11.1. The molecule has 3 heteroatoms. The van der Waals surface area contributed by atoms with Crippen LogP contribution < -0.4 is 0 Å². The van der Waals surface area contributed by atoms with Crippen molar-refractivity contribution in [1.82, 2.24) is 0 Å². The van der Waals surface area contributed by atoms with E-state index in [2.05, 4.69) is 0 Å². The van der Waals surface area contributed by atoms with E-state index in [1.165, 1.54) is 0 Å². The van der Waals surface area contributed by atoms with E-state index in [1.54, 1.807) is 14.0 Å². The van der Waals surface area contributed by atoms with Crippen molar-refractivity contribution >= 4 is 0 Å². The van der Waals surface area contributed by atoms with E-state index in [-0.39, 0.29) is 23.9 Å². The summed E-state index contributed by atoms with van der Waals surface area (Å²) >= 11 is 0. The molecule has 3 unspecified atom stereocenters. The zero-order chi connectivity index (χ0) is 12.1. The van der Waals surface area contributed by atoms with Crippen LogP contribution in [0, 0.1) is 0 Å². The van der Waals surface area contributed by atoms with Crippen molar-refractivity contribution in [2.45, 2.75) is 71.4 Å². The van der Waals surface area contributed by atoms with Crippen LogP contribution >= 0.6 is 0 Å². The minimum absolute atomic E-state index is 0.0904. The first kappa shape index (κ1) is 14.9. The molecule has 0 aromatic carbocycles. The average molecular weight is 218 g/mol. The Kier molecular flexibility index (Phi) is 6.41. The van der Waals surface area contributed by atoms with E-state index >= 15 is 0 Å². The molecule has 0 aromatic heterocycles. The summed E-state index contributed by atoms with van der Waals surface area (Å²) in [6.45, 7) is 9.91. The zero-order valence-electron chi connectivity index (χ0n) is 10.9. The van der Waals surface area contributed by atoms with Gasteiger partial charge < -0.3 is 14.6 Å². The molecular weight excluding hydrogens is 192 g/mol. The van der Waals surface area contributed by atoms with Gasteiger partial charge >= 0.3 is 0 Å². The third-order valence-corrected chi connectivity index (χ3v) is 2.47. The summed E-state index contributed by atoms with van der Waals surface area (Å²) in [5.41, 5.74) is -0.149. The van der Waals surface area contributed by atoms with Crippen LogP contribution in [0.5, 0.6) is 0 Å². The molecule has 15 heavy (non-hydrogen) atoms. The number of methoxy groups -OCH3 is 1. The highest BCUT2D eigenvalue weighted by atomic mass is 16.5. The van der Waals surface area contributed by atoms with Crippen LogP contribution in [0.4, 0.5) is 0 Å². The van der Waals surface area contributed by atoms with Crippen molar-refractivity contribution in [3.63, 3.8) is 0 Å². The highest BCUT2D eigenvalue weighted by molar-refractivity contribution is 4.72. The molecule has 0 rings (SSSR count). The van der Waals surface area contributed by atoms with E-state index in [0.717, 1.165) is 6.42 Å². The fourth-order valence-corrected chi connectivity index (χ4v) is 1.76. The maximum absolute atomic E-state index is 9.21. The molecule has 0 heterocycles. The van der Waals surface area contributed by atoms with E-state index < -0.39 is 0 Å². The molecule has 92 valence electrons. The highest BCUT2D eigenvalue weighted by Crippen LogP contribution is 2.19. The fourth-order valence-electron chi connectivity index (χ4n) is 1.76. The quantitative estimate of drug-likeness (QED) is 0.713. The second-order valence-electron chi connectivity index (χ2n) is 5.01. The number of aliphatic hydroxyl groups is 1. The average Bonchev–Trinajstić information content (AvgIpc) is 2.00. The number of rotatable bonds is 7. The predicted octanol–water partition coefficient (Wildman–Crippen LogP) is 2.37. The van der Waals surface area contributed by atoms with Crippen molar-refractivity contribution < 1.29 is 14.6 Å². The summed E-state index contributed by atoms with van der Waals surface area (Å²) in [6, 6.07) is 0.